The van der Waals surface area contributed by atoms with Gasteiger partial charge in [0, 0.05) is 38.9 Å². The van der Waals surface area contributed by atoms with E-state index in [9.17, 15) is 0 Å². The number of guanidine groups is 1. The van der Waals surface area contributed by atoms with Crippen LogP contribution in [0.3, 0.4) is 0 Å². The highest BCUT2D eigenvalue weighted by Crippen LogP contribution is 2.32. The first kappa shape index (κ1) is 21.3. The van der Waals surface area contributed by atoms with Crippen LogP contribution < -0.4 is 20.1 Å². The summed E-state index contributed by atoms with van der Waals surface area (Å²) in [5.41, 5.74) is 2.27. The monoisotopic (exact) mass is 486 g/mol. The highest BCUT2D eigenvalue weighted by molar-refractivity contribution is 14.0. The van der Waals surface area contributed by atoms with Gasteiger partial charge in [-0.15, -0.1) is 24.0 Å². The second-order valence-electron chi connectivity index (χ2n) is 6.42. The molecule has 0 saturated heterocycles. The summed E-state index contributed by atoms with van der Waals surface area (Å²) in [4.78, 5) is 6.47. The molecule has 1 aromatic carbocycles. The van der Waals surface area contributed by atoms with Gasteiger partial charge in [-0.05, 0) is 31.8 Å². The lowest BCUT2D eigenvalue weighted by atomic mass is 10.1. The molecule has 27 heavy (non-hydrogen) atoms. The molecule has 9 heteroatoms. The van der Waals surface area contributed by atoms with Gasteiger partial charge in [-0.2, -0.15) is 5.10 Å². The Bertz CT molecular complexity index is 777. The quantitative estimate of drug-likeness (QED) is 0.368. The second kappa shape index (κ2) is 9.79. The third kappa shape index (κ3) is 5.48. The zero-order valence-electron chi connectivity index (χ0n) is 16.1. The number of halogens is 1. The van der Waals surface area contributed by atoms with Crippen LogP contribution in [0.15, 0.2) is 35.6 Å². The molecule has 0 fully saturated rings. The van der Waals surface area contributed by atoms with Crippen LogP contribution in [-0.4, -0.2) is 55.1 Å². The number of benzene rings is 1. The van der Waals surface area contributed by atoms with Crippen molar-refractivity contribution in [3.8, 4) is 11.5 Å². The number of aryl methyl sites for hydroxylation is 1. The van der Waals surface area contributed by atoms with E-state index < -0.39 is 0 Å². The minimum Gasteiger partial charge on any atom is -0.454 e. The fourth-order valence-corrected chi connectivity index (χ4v) is 2.86. The molecule has 2 aromatic rings. The van der Waals surface area contributed by atoms with Crippen molar-refractivity contribution in [2.75, 3.05) is 34.5 Å². The maximum atomic E-state index is 5.42. The molecule has 2 heterocycles. The minimum absolute atomic E-state index is 0. The van der Waals surface area contributed by atoms with E-state index >= 15 is 0 Å². The maximum absolute atomic E-state index is 5.42. The lowest BCUT2D eigenvalue weighted by Crippen LogP contribution is -2.41. The molecule has 0 amide bonds. The largest absolute Gasteiger partial charge is 0.454 e. The Balaban J connectivity index is 0.00000261. The van der Waals surface area contributed by atoms with Crippen molar-refractivity contribution in [1.82, 2.24) is 25.3 Å². The molecule has 0 spiro atoms. The third-order valence-electron chi connectivity index (χ3n) is 4.32. The van der Waals surface area contributed by atoms with E-state index in [2.05, 4.69) is 39.7 Å². The van der Waals surface area contributed by atoms with Gasteiger partial charge in [0.15, 0.2) is 17.5 Å². The van der Waals surface area contributed by atoms with Gasteiger partial charge in [0.1, 0.15) is 0 Å². The number of aliphatic imine (C=N–C) groups is 1. The summed E-state index contributed by atoms with van der Waals surface area (Å²) in [5, 5.41) is 11.0. The van der Waals surface area contributed by atoms with Gasteiger partial charge in [0.05, 0.1) is 12.2 Å². The highest BCUT2D eigenvalue weighted by Gasteiger charge is 2.17. The summed E-state index contributed by atoms with van der Waals surface area (Å²) in [6.07, 6.45) is 3.93. The zero-order chi connectivity index (χ0) is 18.5. The number of ether oxygens (including phenoxy) is 2. The summed E-state index contributed by atoms with van der Waals surface area (Å²) in [7, 11) is 7.81. The van der Waals surface area contributed by atoms with Gasteiger partial charge in [-0.3, -0.25) is 9.67 Å². The lowest BCUT2D eigenvalue weighted by Gasteiger charge is -2.24. The molecule has 1 aromatic heterocycles. The second-order valence-corrected chi connectivity index (χ2v) is 6.42. The summed E-state index contributed by atoms with van der Waals surface area (Å²) in [6.45, 7) is 1.66. The van der Waals surface area contributed by atoms with E-state index in [1.165, 1.54) is 0 Å². The molecule has 3 rings (SSSR count). The predicted octanol–water partition coefficient (Wildman–Crippen LogP) is 1.73. The molecule has 1 atom stereocenters. The standard InChI is InChI=1S/C18H26N6O2.HI/c1-19-18(20-8-13-5-6-16-17(7-13)26-12-25-16)21-10-15(23(2)3)14-9-22-24(4)11-14;/h5-7,9,11,15H,8,10,12H2,1-4H3,(H2,19,20,21);1H. The summed E-state index contributed by atoms with van der Waals surface area (Å²) < 4.78 is 12.6. The summed E-state index contributed by atoms with van der Waals surface area (Å²) in [6, 6.07) is 6.14. The lowest BCUT2D eigenvalue weighted by molar-refractivity contribution is 0.174. The number of nitrogens with zero attached hydrogens (tertiary/aromatic N) is 4. The number of likely N-dealkylation sites (N-methyl/N-ethyl adjacent to an activating group) is 1. The van der Waals surface area contributed by atoms with Crippen LogP contribution in [0.2, 0.25) is 0 Å². The smallest absolute Gasteiger partial charge is 0.231 e. The van der Waals surface area contributed by atoms with Crippen LogP contribution in [-0.2, 0) is 13.6 Å². The van der Waals surface area contributed by atoms with Crippen molar-refractivity contribution < 1.29 is 9.47 Å². The number of aromatic nitrogens is 2. The number of nitrogens with one attached hydrogen (secondary N) is 2. The van der Waals surface area contributed by atoms with E-state index in [0.29, 0.717) is 6.54 Å². The fourth-order valence-electron chi connectivity index (χ4n) is 2.86. The minimum atomic E-state index is 0. The Morgan fingerprint density at radius 3 is 2.74 bits per heavy atom. The maximum Gasteiger partial charge on any atom is 0.231 e. The van der Waals surface area contributed by atoms with E-state index in [-0.39, 0.29) is 36.8 Å². The average molecular weight is 486 g/mol. The summed E-state index contributed by atoms with van der Waals surface area (Å²) >= 11 is 0. The van der Waals surface area contributed by atoms with Gasteiger partial charge in [-0.1, -0.05) is 6.07 Å². The topological polar surface area (TPSA) is 75.9 Å². The van der Waals surface area contributed by atoms with E-state index in [1.807, 2.05) is 42.3 Å². The number of hydrogen-bond acceptors (Lipinski definition) is 5. The number of fused-ring (bicyclic) bond motifs is 1. The first-order chi connectivity index (χ1) is 12.6. The molecule has 8 nitrogen and oxygen atoms in total. The normalized spacial score (nSPS) is 14.0. The highest BCUT2D eigenvalue weighted by atomic mass is 127. The van der Waals surface area contributed by atoms with Crippen LogP contribution in [0.1, 0.15) is 17.2 Å². The molecule has 1 aliphatic rings. The third-order valence-corrected chi connectivity index (χ3v) is 4.32. The molecular formula is C18H27IN6O2. The predicted molar refractivity (Wildman–Crippen MR) is 116 cm³/mol. The Labute approximate surface area is 177 Å². The first-order valence-corrected chi connectivity index (χ1v) is 8.55. The molecule has 0 saturated carbocycles. The average Bonchev–Trinajstić information content (AvgIpc) is 3.26. The van der Waals surface area contributed by atoms with Crippen LogP contribution in [0.5, 0.6) is 11.5 Å². The zero-order valence-corrected chi connectivity index (χ0v) is 18.4. The van der Waals surface area contributed by atoms with E-state index in [4.69, 9.17) is 9.47 Å². The first-order valence-electron chi connectivity index (χ1n) is 8.55. The molecule has 2 N–H and O–H groups in total. The van der Waals surface area contributed by atoms with Crippen LogP contribution in [0.4, 0.5) is 0 Å². The van der Waals surface area contributed by atoms with Crippen molar-refractivity contribution in [2.24, 2.45) is 12.0 Å². The molecular weight excluding hydrogens is 459 g/mol. The molecule has 0 bridgehead atoms. The van der Waals surface area contributed by atoms with E-state index in [0.717, 1.165) is 35.1 Å². The number of hydrogen-bond donors (Lipinski definition) is 2. The van der Waals surface area contributed by atoms with Gasteiger partial charge < -0.3 is 25.0 Å². The van der Waals surface area contributed by atoms with Gasteiger partial charge in [0.2, 0.25) is 6.79 Å². The van der Waals surface area contributed by atoms with Crippen LogP contribution in [0, 0.1) is 0 Å². The molecule has 148 valence electrons. The Hall–Kier alpha value is -2.01. The molecule has 1 aliphatic heterocycles. The van der Waals surface area contributed by atoms with Crippen molar-refractivity contribution in [3.63, 3.8) is 0 Å². The number of rotatable bonds is 6. The Kier molecular flexibility index (Phi) is 7.72. The fraction of sp³-hybridized carbons (Fsp3) is 0.444. The van der Waals surface area contributed by atoms with Gasteiger partial charge in [-0.25, -0.2) is 0 Å². The summed E-state index contributed by atoms with van der Waals surface area (Å²) in [5.74, 6) is 2.33. The van der Waals surface area contributed by atoms with Gasteiger partial charge in [0.25, 0.3) is 0 Å². The van der Waals surface area contributed by atoms with Crippen molar-refractivity contribution >= 4 is 29.9 Å². The SMILES string of the molecule is CN=C(NCc1ccc2c(c1)OCO2)NCC(c1cnn(C)c1)N(C)C.I. The van der Waals surface area contributed by atoms with Crippen LogP contribution in [0.25, 0.3) is 0 Å². The Morgan fingerprint density at radius 2 is 2.07 bits per heavy atom. The molecule has 1 unspecified atom stereocenters. The van der Waals surface area contributed by atoms with Gasteiger partial charge >= 0.3 is 0 Å². The van der Waals surface area contributed by atoms with Crippen LogP contribution >= 0.6 is 24.0 Å². The van der Waals surface area contributed by atoms with Crippen molar-refractivity contribution in [1.29, 1.82) is 0 Å². The molecule has 0 aliphatic carbocycles. The molecule has 0 radical (unpaired) electrons. The van der Waals surface area contributed by atoms with E-state index in [1.54, 1.807) is 7.05 Å². The van der Waals surface area contributed by atoms with Crippen molar-refractivity contribution in [3.05, 3.63) is 41.7 Å². The Morgan fingerprint density at radius 1 is 1.30 bits per heavy atom. The van der Waals surface area contributed by atoms with Crippen molar-refractivity contribution in [2.45, 2.75) is 12.6 Å².